The van der Waals surface area contributed by atoms with Gasteiger partial charge in [0.2, 0.25) is 0 Å². The van der Waals surface area contributed by atoms with Gasteiger partial charge in [0.15, 0.2) is 0 Å². The van der Waals surface area contributed by atoms with Crippen LogP contribution in [0.1, 0.15) is 11.1 Å². The Bertz CT molecular complexity index is 326. The van der Waals surface area contributed by atoms with Gasteiger partial charge in [0.05, 0.1) is 13.2 Å². The SMILES string of the molecule is Cc1cccc(N)c1CCN1CCOCC1. The van der Waals surface area contributed by atoms with E-state index in [1.807, 2.05) is 12.1 Å². The van der Waals surface area contributed by atoms with E-state index in [2.05, 4.69) is 17.9 Å². The topological polar surface area (TPSA) is 38.5 Å². The number of aryl methyl sites for hydroxylation is 1. The summed E-state index contributed by atoms with van der Waals surface area (Å²) in [6, 6.07) is 6.13. The zero-order valence-electron chi connectivity index (χ0n) is 9.91. The van der Waals surface area contributed by atoms with Crippen LogP contribution < -0.4 is 5.73 Å². The van der Waals surface area contributed by atoms with E-state index in [4.69, 9.17) is 10.5 Å². The van der Waals surface area contributed by atoms with Gasteiger partial charge < -0.3 is 10.5 Å². The highest BCUT2D eigenvalue weighted by Gasteiger charge is 2.11. The van der Waals surface area contributed by atoms with Gasteiger partial charge in [-0.3, -0.25) is 4.90 Å². The molecule has 1 aliphatic heterocycles. The fourth-order valence-electron chi connectivity index (χ4n) is 2.16. The highest BCUT2D eigenvalue weighted by molar-refractivity contribution is 5.50. The second kappa shape index (κ2) is 5.32. The predicted molar refractivity (Wildman–Crippen MR) is 66.6 cm³/mol. The van der Waals surface area contributed by atoms with Crippen molar-refractivity contribution in [1.82, 2.24) is 4.90 Å². The third-order valence-corrected chi connectivity index (χ3v) is 3.23. The van der Waals surface area contributed by atoms with Crippen LogP contribution >= 0.6 is 0 Å². The fraction of sp³-hybridized carbons (Fsp3) is 0.538. The second-order valence-electron chi connectivity index (χ2n) is 4.35. The molecule has 88 valence electrons. The number of ether oxygens (including phenoxy) is 1. The minimum atomic E-state index is 0.864. The highest BCUT2D eigenvalue weighted by atomic mass is 16.5. The number of hydrogen-bond acceptors (Lipinski definition) is 3. The van der Waals surface area contributed by atoms with Gasteiger partial charge in [-0.25, -0.2) is 0 Å². The van der Waals surface area contributed by atoms with Crippen LogP contribution in [-0.4, -0.2) is 37.7 Å². The molecule has 0 spiro atoms. The fourth-order valence-corrected chi connectivity index (χ4v) is 2.16. The molecule has 2 rings (SSSR count). The van der Waals surface area contributed by atoms with Crippen LogP contribution in [0.4, 0.5) is 5.69 Å². The predicted octanol–water partition coefficient (Wildman–Crippen LogP) is 1.45. The van der Waals surface area contributed by atoms with E-state index in [1.54, 1.807) is 0 Å². The Hall–Kier alpha value is -1.06. The molecule has 1 heterocycles. The molecule has 0 radical (unpaired) electrons. The summed E-state index contributed by atoms with van der Waals surface area (Å²) in [7, 11) is 0. The zero-order valence-corrected chi connectivity index (χ0v) is 9.91. The Balaban J connectivity index is 1.93. The largest absolute Gasteiger partial charge is 0.398 e. The Kier molecular flexibility index (Phi) is 3.80. The van der Waals surface area contributed by atoms with Gasteiger partial charge in [0.25, 0.3) is 0 Å². The lowest BCUT2D eigenvalue weighted by Crippen LogP contribution is -2.37. The highest BCUT2D eigenvalue weighted by Crippen LogP contribution is 2.17. The van der Waals surface area contributed by atoms with Crippen LogP contribution in [0.5, 0.6) is 0 Å². The first-order chi connectivity index (χ1) is 7.77. The summed E-state index contributed by atoms with van der Waals surface area (Å²) in [5.74, 6) is 0. The van der Waals surface area contributed by atoms with Crippen molar-refractivity contribution in [2.75, 3.05) is 38.6 Å². The standard InChI is InChI=1S/C13H20N2O/c1-11-3-2-4-13(14)12(11)5-6-15-7-9-16-10-8-15/h2-4H,5-10,14H2,1H3. The third kappa shape index (κ3) is 2.74. The van der Waals surface area contributed by atoms with Gasteiger partial charge in [-0.2, -0.15) is 0 Å². The molecular formula is C13H20N2O. The quantitative estimate of drug-likeness (QED) is 0.784. The first kappa shape index (κ1) is 11.4. The summed E-state index contributed by atoms with van der Waals surface area (Å²) < 4.78 is 5.33. The van der Waals surface area contributed by atoms with E-state index in [9.17, 15) is 0 Å². The minimum Gasteiger partial charge on any atom is -0.398 e. The minimum absolute atomic E-state index is 0.864. The first-order valence-electron chi connectivity index (χ1n) is 5.91. The maximum Gasteiger partial charge on any atom is 0.0594 e. The van der Waals surface area contributed by atoms with E-state index in [0.717, 1.165) is 45.0 Å². The molecule has 0 atom stereocenters. The lowest BCUT2D eigenvalue weighted by molar-refractivity contribution is 0.0384. The smallest absolute Gasteiger partial charge is 0.0594 e. The molecule has 0 amide bonds. The van der Waals surface area contributed by atoms with E-state index in [-0.39, 0.29) is 0 Å². The average Bonchev–Trinajstić information content (AvgIpc) is 2.30. The van der Waals surface area contributed by atoms with Gasteiger partial charge >= 0.3 is 0 Å². The molecule has 1 aromatic carbocycles. The van der Waals surface area contributed by atoms with E-state index in [1.165, 1.54) is 11.1 Å². The van der Waals surface area contributed by atoms with Crippen LogP contribution in [0.3, 0.4) is 0 Å². The maximum atomic E-state index is 5.99. The number of morpholine rings is 1. The summed E-state index contributed by atoms with van der Waals surface area (Å²) in [5, 5.41) is 0. The molecule has 0 aromatic heterocycles. The van der Waals surface area contributed by atoms with Crippen molar-refractivity contribution in [2.24, 2.45) is 0 Å². The van der Waals surface area contributed by atoms with Crippen LogP contribution in [0.25, 0.3) is 0 Å². The number of anilines is 1. The van der Waals surface area contributed by atoms with Crippen molar-refractivity contribution < 1.29 is 4.74 Å². The molecule has 1 fully saturated rings. The van der Waals surface area contributed by atoms with Crippen molar-refractivity contribution in [3.63, 3.8) is 0 Å². The van der Waals surface area contributed by atoms with Gasteiger partial charge in [-0.15, -0.1) is 0 Å². The van der Waals surface area contributed by atoms with Crippen molar-refractivity contribution >= 4 is 5.69 Å². The van der Waals surface area contributed by atoms with Crippen molar-refractivity contribution in [3.8, 4) is 0 Å². The number of nitrogen functional groups attached to an aromatic ring is 1. The van der Waals surface area contributed by atoms with Gasteiger partial charge in [0, 0.05) is 25.3 Å². The van der Waals surface area contributed by atoms with E-state index < -0.39 is 0 Å². The molecule has 3 nitrogen and oxygen atoms in total. The van der Waals surface area contributed by atoms with E-state index >= 15 is 0 Å². The van der Waals surface area contributed by atoms with Crippen molar-refractivity contribution in [2.45, 2.75) is 13.3 Å². The number of nitrogens with two attached hydrogens (primary N) is 1. The molecule has 16 heavy (non-hydrogen) atoms. The van der Waals surface area contributed by atoms with Crippen molar-refractivity contribution in [1.29, 1.82) is 0 Å². The van der Waals surface area contributed by atoms with Crippen molar-refractivity contribution in [3.05, 3.63) is 29.3 Å². The van der Waals surface area contributed by atoms with Crippen LogP contribution in [0.2, 0.25) is 0 Å². The Morgan fingerprint density at radius 3 is 2.75 bits per heavy atom. The summed E-state index contributed by atoms with van der Waals surface area (Å²) in [5.41, 5.74) is 9.52. The lowest BCUT2D eigenvalue weighted by Gasteiger charge is -2.26. The van der Waals surface area contributed by atoms with Crippen LogP contribution in [0, 0.1) is 6.92 Å². The molecule has 1 aliphatic rings. The van der Waals surface area contributed by atoms with Crippen LogP contribution in [-0.2, 0) is 11.2 Å². The Labute approximate surface area is 97.2 Å². The molecular weight excluding hydrogens is 200 g/mol. The van der Waals surface area contributed by atoms with Gasteiger partial charge in [0.1, 0.15) is 0 Å². The monoisotopic (exact) mass is 220 g/mol. The summed E-state index contributed by atoms with van der Waals surface area (Å²) >= 11 is 0. The third-order valence-electron chi connectivity index (χ3n) is 3.23. The normalized spacial score (nSPS) is 17.6. The molecule has 2 N–H and O–H groups in total. The zero-order chi connectivity index (χ0) is 11.4. The Morgan fingerprint density at radius 1 is 1.31 bits per heavy atom. The van der Waals surface area contributed by atoms with Crippen LogP contribution in [0.15, 0.2) is 18.2 Å². The Morgan fingerprint density at radius 2 is 2.06 bits per heavy atom. The number of benzene rings is 1. The number of hydrogen-bond donors (Lipinski definition) is 1. The first-order valence-corrected chi connectivity index (χ1v) is 5.91. The lowest BCUT2D eigenvalue weighted by atomic mass is 10.0. The molecule has 3 heteroatoms. The molecule has 1 saturated heterocycles. The second-order valence-corrected chi connectivity index (χ2v) is 4.35. The van der Waals surface area contributed by atoms with E-state index in [0.29, 0.717) is 0 Å². The summed E-state index contributed by atoms with van der Waals surface area (Å²) in [6.45, 7) is 7.04. The maximum absolute atomic E-state index is 5.99. The molecule has 0 saturated carbocycles. The molecule has 0 unspecified atom stereocenters. The average molecular weight is 220 g/mol. The van der Waals surface area contributed by atoms with Gasteiger partial charge in [-0.05, 0) is 30.5 Å². The number of nitrogens with zero attached hydrogens (tertiary/aromatic N) is 1. The number of rotatable bonds is 3. The van der Waals surface area contributed by atoms with Gasteiger partial charge in [-0.1, -0.05) is 12.1 Å². The molecule has 0 bridgehead atoms. The molecule has 1 aromatic rings. The summed E-state index contributed by atoms with van der Waals surface area (Å²) in [6.07, 6.45) is 1.04. The molecule has 0 aliphatic carbocycles. The summed E-state index contributed by atoms with van der Waals surface area (Å²) in [4.78, 5) is 2.44.